The molecule has 0 spiro atoms. The van der Waals surface area contributed by atoms with E-state index in [-0.39, 0.29) is 29.2 Å². The van der Waals surface area contributed by atoms with E-state index in [1.165, 1.54) is 11.0 Å². The second kappa shape index (κ2) is 11.7. The molecule has 34 heavy (non-hydrogen) atoms. The van der Waals surface area contributed by atoms with Gasteiger partial charge in [0.25, 0.3) is 0 Å². The van der Waals surface area contributed by atoms with Crippen LogP contribution in [0.25, 0.3) is 0 Å². The molecule has 0 aromatic heterocycles. The zero-order valence-electron chi connectivity index (χ0n) is 20.0. The largest absolute Gasteiger partial charge is 0.352 e. The molecule has 0 heterocycles. The maximum Gasteiger partial charge on any atom is 0.244 e. The Hall–Kier alpha value is -2.65. The number of carbonyl (C=O) groups is 2. The van der Waals surface area contributed by atoms with Crippen molar-refractivity contribution in [3.63, 3.8) is 0 Å². The van der Waals surface area contributed by atoms with Crippen LogP contribution in [-0.2, 0) is 26.2 Å². The first-order valence-electron chi connectivity index (χ1n) is 10.9. The van der Waals surface area contributed by atoms with Gasteiger partial charge < -0.3 is 10.2 Å². The van der Waals surface area contributed by atoms with Crippen LogP contribution in [0.3, 0.4) is 0 Å². The Balaban J connectivity index is 2.41. The number of benzene rings is 2. The van der Waals surface area contributed by atoms with Gasteiger partial charge in [0.2, 0.25) is 21.8 Å². The average molecular weight is 512 g/mol. The van der Waals surface area contributed by atoms with Gasteiger partial charge in [0.1, 0.15) is 18.4 Å². The Morgan fingerprint density at radius 1 is 1.15 bits per heavy atom. The molecular weight excluding hydrogens is 481 g/mol. The summed E-state index contributed by atoms with van der Waals surface area (Å²) in [6.45, 7) is 6.85. The lowest BCUT2D eigenvalue weighted by Gasteiger charge is -2.32. The fourth-order valence-corrected chi connectivity index (χ4v) is 4.33. The molecule has 0 saturated carbocycles. The monoisotopic (exact) mass is 511 g/mol. The number of carbonyl (C=O) groups excluding carboxylic acids is 2. The number of amides is 2. The SMILES string of the molecule is CC[C@H](C)NC(=O)[C@H](C)N(Cc1cccc(C)c1)C(=O)CN(c1ccc(F)c(Cl)c1)S(C)(=O)=O. The van der Waals surface area contributed by atoms with Gasteiger partial charge in [-0.15, -0.1) is 0 Å². The molecule has 186 valence electrons. The molecule has 0 unspecified atom stereocenters. The highest BCUT2D eigenvalue weighted by Gasteiger charge is 2.30. The highest BCUT2D eigenvalue weighted by atomic mass is 35.5. The van der Waals surface area contributed by atoms with Crippen molar-refractivity contribution in [3.05, 3.63) is 64.4 Å². The van der Waals surface area contributed by atoms with Crippen molar-refractivity contribution in [1.29, 1.82) is 0 Å². The zero-order chi connectivity index (χ0) is 25.6. The third kappa shape index (κ3) is 7.43. The lowest BCUT2D eigenvalue weighted by molar-refractivity contribution is -0.139. The van der Waals surface area contributed by atoms with Gasteiger partial charge in [-0.1, -0.05) is 48.4 Å². The van der Waals surface area contributed by atoms with E-state index < -0.39 is 34.3 Å². The van der Waals surface area contributed by atoms with E-state index >= 15 is 0 Å². The fourth-order valence-electron chi connectivity index (χ4n) is 3.31. The van der Waals surface area contributed by atoms with Crippen molar-refractivity contribution in [2.75, 3.05) is 17.1 Å². The van der Waals surface area contributed by atoms with Crippen LogP contribution in [0.2, 0.25) is 5.02 Å². The highest BCUT2D eigenvalue weighted by molar-refractivity contribution is 7.92. The summed E-state index contributed by atoms with van der Waals surface area (Å²) in [5.74, 6) is -1.63. The minimum atomic E-state index is -3.92. The maximum atomic E-state index is 13.6. The molecule has 2 aromatic rings. The van der Waals surface area contributed by atoms with Gasteiger partial charge in [-0.05, 0) is 51.0 Å². The van der Waals surface area contributed by atoms with Crippen LogP contribution in [0.15, 0.2) is 42.5 Å². The predicted octanol–water partition coefficient (Wildman–Crippen LogP) is 3.89. The molecule has 0 aliphatic heterocycles. The van der Waals surface area contributed by atoms with Crippen LogP contribution < -0.4 is 9.62 Å². The van der Waals surface area contributed by atoms with Gasteiger partial charge in [-0.2, -0.15) is 0 Å². The molecule has 0 fully saturated rings. The molecule has 1 N–H and O–H groups in total. The molecule has 0 radical (unpaired) electrons. The molecule has 2 rings (SSSR count). The topological polar surface area (TPSA) is 86.8 Å². The molecule has 2 amide bonds. The van der Waals surface area contributed by atoms with E-state index in [9.17, 15) is 22.4 Å². The summed E-state index contributed by atoms with van der Waals surface area (Å²) in [6, 6.07) is 9.97. The Morgan fingerprint density at radius 3 is 2.38 bits per heavy atom. The number of hydrogen-bond acceptors (Lipinski definition) is 4. The van der Waals surface area contributed by atoms with E-state index in [0.29, 0.717) is 0 Å². The summed E-state index contributed by atoms with van der Waals surface area (Å²) < 4.78 is 39.5. The highest BCUT2D eigenvalue weighted by Crippen LogP contribution is 2.25. The first kappa shape index (κ1) is 27.6. The summed E-state index contributed by atoms with van der Waals surface area (Å²) in [4.78, 5) is 27.6. The van der Waals surface area contributed by atoms with Crippen molar-refractivity contribution in [2.45, 2.75) is 52.7 Å². The van der Waals surface area contributed by atoms with Crippen LogP contribution in [-0.4, -0.2) is 50.0 Å². The number of halogens is 2. The van der Waals surface area contributed by atoms with Crippen LogP contribution in [0.5, 0.6) is 0 Å². The summed E-state index contributed by atoms with van der Waals surface area (Å²) in [5.41, 5.74) is 1.84. The molecule has 0 aliphatic rings. The first-order chi connectivity index (χ1) is 15.8. The van der Waals surface area contributed by atoms with Crippen LogP contribution in [0, 0.1) is 12.7 Å². The standard InChI is InChI=1S/C24H31ClFN3O4S/c1-6-17(3)27-24(31)18(4)28(14-19-9-7-8-16(2)12-19)23(30)15-29(34(5,32)33)20-10-11-22(26)21(25)13-20/h7-13,17-18H,6,14-15H2,1-5H3,(H,27,31)/t17-,18-/m0/s1. The first-order valence-corrected chi connectivity index (χ1v) is 13.1. The van der Waals surface area contributed by atoms with Gasteiger partial charge >= 0.3 is 0 Å². The molecule has 0 aliphatic carbocycles. The lowest BCUT2D eigenvalue weighted by atomic mass is 10.1. The Bertz CT molecular complexity index is 1140. The Morgan fingerprint density at radius 2 is 1.82 bits per heavy atom. The average Bonchev–Trinajstić information content (AvgIpc) is 2.76. The van der Waals surface area contributed by atoms with Crippen LogP contribution in [0.4, 0.5) is 10.1 Å². The Kier molecular flexibility index (Phi) is 9.46. The number of hydrogen-bond donors (Lipinski definition) is 1. The number of nitrogens with zero attached hydrogens (tertiary/aromatic N) is 2. The quantitative estimate of drug-likeness (QED) is 0.524. The molecule has 7 nitrogen and oxygen atoms in total. The maximum absolute atomic E-state index is 13.6. The van der Waals surface area contributed by atoms with E-state index in [0.717, 1.165) is 40.2 Å². The molecule has 2 atom stereocenters. The Labute approximate surface area is 205 Å². The van der Waals surface area contributed by atoms with Gasteiger partial charge in [0.15, 0.2) is 0 Å². The second-order valence-corrected chi connectivity index (χ2v) is 10.7. The van der Waals surface area contributed by atoms with E-state index in [4.69, 9.17) is 11.6 Å². The van der Waals surface area contributed by atoms with E-state index in [1.807, 2.05) is 45.0 Å². The summed E-state index contributed by atoms with van der Waals surface area (Å²) >= 11 is 5.84. The van der Waals surface area contributed by atoms with Crippen molar-refractivity contribution in [2.24, 2.45) is 0 Å². The molecule has 0 bridgehead atoms. The third-order valence-corrected chi connectivity index (χ3v) is 6.90. The molecule has 0 saturated heterocycles. The third-order valence-electron chi connectivity index (χ3n) is 5.47. The lowest BCUT2D eigenvalue weighted by Crippen LogP contribution is -2.52. The minimum absolute atomic E-state index is 0.0504. The van der Waals surface area contributed by atoms with Gasteiger partial charge in [0, 0.05) is 12.6 Å². The second-order valence-electron chi connectivity index (χ2n) is 8.37. The van der Waals surface area contributed by atoms with Crippen molar-refractivity contribution < 1.29 is 22.4 Å². The van der Waals surface area contributed by atoms with Crippen molar-refractivity contribution >= 4 is 39.1 Å². The number of rotatable bonds is 10. The minimum Gasteiger partial charge on any atom is -0.352 e. The fraction of sp³-hybridized carbons (Fsp3) is 0.417. The number of nitrogens with one attached hydrogen (secondary N) is 1. The number of aryl methyl sites for hydroxylation is 1. The van der Waals surface area contributed by atoms with Gasteiger partial charge in [0.05, 0.1) is 17.0 Å². The van der Waals surface area contributed by atoms with E-state index in [1.54, 1.807) is 6.92 Å². The molecule has 2 aromatic carbocycles. The summed E-state index contributed by atoms with van der Waals surface area (Å²) in [7, 11) is -3.92. The van der Waals surface area contributed by atoms with Crippen LogP contribution in [0.1, 0.15) is 38.3 Å². The molecular formula is C24H31ClFN3O4S. The van der Waals surface area contributed by atoms with Gasteiger partial charge in [-0.25, -0.2) is 12.8 Å². The van der Waals surface area contributed by atoms with E-state index in [2.05, 4.69) is 5.32 Å². The normalized spacial score (nSPS) is 13.1. The summed E-state index contributed by atoms with van der Waals surface area (Å²) in [6.07, 6.45) is 1.67. The smallest absolute Gasteiger partial charge is 0.244 e. The van der Waals surface area contributed by atoms with Crippen LogP contribution >= 0.6 is 11.6 Å². The summed E-state index contributed by atoms with van der Waals surface area (Å²) in [5, 5.41) is 2.60. The number of anilines is 1. The zero-order valence-corrected chi connectivity index (χ0v) is 21.6. The predicted molar refractivity (Wildman–Crippen MR) is 133 cm³/mol. The van der Waals surface area contributed by atoms with Gasteiger partial charge in [-0.3, -0.25) is 13.9 Å². The van der Waals surface area contributed by atoms with Crippen molar-refractivity contribution in [3.8, 4) is 0 Å². The molecule has 10 heteroatoms. The van der Waals surface area contributed by atoms with Crippen molar-refractivity contribution in [1.82, 2.24) is 10.2 Å². The number of sulfonamides is 1.